The van der Waals surface area contributed by atoms with Crippen LogP contribution in [0.4, 0.5) is 0 Å². The maximum Gasteiger partial charge on any atom is 0.227 e. The number of hydrogen-bond donors (Lipinski definition) is 2. The van der Waals surface area contributed by atoms with E-state index in [9.17, 15) is 14.7 Å². The summed E-state index contributed by atoms with van der Waals surface area (Å²) in [6.45, 7) is 3.88. The van der Waals surface area contributed by atoms with Crippen LogP contribution < -0.4 is 10.1 Å². The van der Waals surface area contributed by atoms with Crippen LogP contribution in [0, 0.1) is 5.92 Å². The van der Waals surface area contributed by atoms with Crippen molar-refractivity contribution in [1.82, 2.24) is 10.2 Å². The molecule has 2 N–H and O–H groups in total. The number of aliphatic hydroxyl groups is 1. The van der Waals surface area contributed by atoms with E-state index in [1.54, 1.807) is 21.0 Å². The second kappa shape index (κ2) is 6.79. The van der Waals surface area contributed by atoms with E-state index in [-0.39, 0.29) is 24.2 Å². The van der Waals surface area contributed by atoms with E-state index >= 15 is 0 Å². The van der Waals surface area contributed by atoms with Crippen LogP contribution in [0.5, 0.6) is 5.75 Å². The monoisotopic (exact) mass is 306 g/mol. The van der Waals surface area contributed by atoms with Crippen molar-refractivity contribution in [2.75, 3.05) is 7.11 Å². The van der Waals surface area contributed by atoms with Gasteiger partial charge in [0.05, 0.1) is 13.5 Å². The number of likely N-dealkylation sites (tertiary alicyclic amines) is 1. The molecule has 1 heterocycles. The van der Waals surface area contributed by atoms with Crippen molar-refractivity contribution in [3.8, 4) is 5.75 Å². The Hall–Kier alpha value is -2.08. The molecule has 2 atom stereocenters. The van der Waals surface area contributed by atoms with Crippen molar-refractivity contribution < 1.29 is 19.4 Å². The summed E-state index contributed by atoms with van der Waals surface area (Å²) in [6, 6.07) is 7.35. The summed E-state index contributed by atoms with van der Waals surface area (Å²) in [4.78, 5) is 25.4. The zero-order chi connectivity index (χ0) is 16.3. The Kier molecular flexibility index (Phi) is 5.03. The van der Waals surface area contributed by atoms with Crippen LogP contribution in [0.3, 0.4) is 0 Å². The molecule has 1 aromatic rings. The highest BCUT2D eigenvalue weighted by Gasteiger charge is 2.39. The molecule has 2 rings (SSSR count). The molecule has 120 valence electrons. The van der Waals surface area contributed by atoms with Gasteiger partial charge in [0.1, 0.15) is 18.0 Å². The van der Waals surface area contributed by atoms with Gasteiger partial charge in [-0.1, -0.05) is 26.0 Å². The van der Waals surface area contributed by atoms with Crippen LogP contribution in [-0.2, 0) is 16.1 Å². The lowest BCUT2D eigenvalue weighted by Gasteiger charge is -2.28. The molecule has 0 aromatic heterocycles. The van der Waals surface area contributed by atoms with Gasteiger partial charge in [-0.15, -0.1) is 0 Å². The lowest BCUT2D eigenvalue weighted by Crippen LogP contribution is -2.50. The van der Waals surface area contributed by atoms with Gasteiger partial charge in [-0.05, 0) is 17.7 Å². The summed E-state index contributed by atoms with van der Waals surface area (Å²) in [7, 11) is 1.59. The number of aliphatic hydroxyl groups excluding tert-OH is 1. The van der Waals surface area contributed by atoms with Crippen molar-refractivity contribution in [3.05, 3.63) is 29.8 Å². The Morgan fingerprint density at radius 3 is 2.59 bits per heavy atom. The van der Waals surface area contributed by atoms with Gasteiger partial charge in [0.15, 0.2) is 0 Å². The van der Waals surface area contributed by atoms with Gasteiger partial charge < -0.3 is 20.1 Å². The molecule has 0 radical (unpaired) electrons. The lowest BCUT2D eigenvalue weighted by atomic mass is 10.2. The largest absolute Gasteiger partial charge is 0.497 e. The third kappa shape index (κ3) is 3.57. The summed E-state index contributed by atoms with van der Waals surface area (Å²) in [5, 5.41) is 12.8. The number of rotatable bonds is 5. The van der Waals surface area contributed by atoms with Crippen LogP contribution in [-0.4, -0.2) is 41.2 Å². The van der Waals surface area contributed by atoms with E-state index in [0.29, 0.717) is 6.54 Å². The SMILES string of the molecule is COc1ccc(CN2C(=O)C[C@H](O)[C@@H]2NC(=O)C(C)C)cc1. The third-order valence-electron chi connectivity index (χ3n) is 3.73. The van der Waals surface area contributed by atoms with Crippen LogP contribution >= 0.6 is 0 Å². The van der Waals surface area contributed by atoms with E-state index < -0.39 is 12.3 Å². The molecule has 1 aliphatic rings. The summed E-state index contributed by atoms with van der Waals surface area (Å²) >= 11 is 0. The number of carbonyl (C=O) groups excluding carboxylic acids is 2. The number of benzene rings is 1. The minimum Gasteiger partial charge on any atom is -0.497 e. The molecule has 0 saturated carbocycles. The average molecular weight is 306 g/mol. The van der Waals surface area contributed by atoms with Gasteiger partial charge in [-0.3, -0.25) is 9.59 Å². The average Bonchev–Trinajstić information content (AvgIpc) is 2.75. The molecule has 0 aliphatic carbocycles. The van der Waals surface area contributed by atoms with E-state index in [1.807, 2.05) is 24.3 Å². The van der Waals surface area contributed by atoms with Crippen molar-refractivity contribution in [3.63, 3.8) is 0 Å². The highest BCUT2D eigenvalue weighted by atomic mass is 16.5. The molecule has 22 heavy (non-hydrogen) atoms. The first-order valence-electron chi connectivity index (χ1n) is 7.33. The van der Waals surface area contributed by atoms with Gasteiger partial charge in [-0.2, -0.15) is 0 Å². The number of amides is 2. The Labute approximate surface area is 130 Å². The maximum absolute atomic E-state index is 12.1. The molecule has 1 aliphatic heterocycles. The van der Waals surface area contributed by atoms with Gasteiger partial charge in [0.25, 0.3) is 0 Å². The van der Waals surface area contributed by atoms with Gasteiger partial charge >= 0.3 is 0 Å². The topological polar surface area (TPSA) is 78.9 Å². The van der Waals surface area contributed by atoms with Crippen molar-refractivity contribution in [2.45, 2.75) is 39.1 Å². The van der Waals surface area contributed by atoms with Gasteiger partial charge in [0.2, 0.25) is 11.8 Å². The molecule has 2 amide bonds. The zero-order valence-corrected chi connectivity index (χ0v) is 13.1. The molecule has 0 bridgehead atoms. The normalized spacial score (nSPS) is 21.3. The Morgan fingerprint density at radius 1 is 1.41 bits per heavy atom. The summed E-state index contributed by atoms with van der Waals surface area (Å²) in [5.41, 5.74) is 0.909. The molecular formula is C16H22N2O4. The molecule has 6 heteroatoms. The third-order valence-corrected chi connectivity index (χ3v) is 3.73. The quantitative estimate of drug-likeness (QED) is 0.846. The standard InChI is InChI=1S/C16H22N2O4/c1-10(2)16(21)17-15-13(19)8-14(20)18(15)9-11-4-6-12(22-3)7-5-11/h4-7,10,13,15,19H,8-9H2,1-3H3,(H,17,21)/t13-,15+/m0/s1. The number of carbonyl (C=O) groups is 2. The van der Waals surface area contributed by atoms with Crippen LogP contribution in [0.1, 0.15) is 25.8 Å². The highest BCUT2D eigenvalue weighted by molar-refractivity contribution is 5.83. The second-order valence-electron chi connectivity index (χ2n) is 5.75. The Balaban J connectivity index is 2.11. The lowest BCUT2D eigenvalue weighted by molar-refractivity contribution is -0.132. The Morgan fingerprint density at radius 2 is 2.05 bits per heavy atom. The van der Waals surface area contributed by atoms with Gasteiger partial charge in [-0.25, -0.2) is 0 Å². The molecule has 1 saturated heterocycles. The number of nitrogens with zero attached hydrogens (tertiary/aromatic N) is 1. The zero-order valence-electron chi connectivity index (χ0n) is 13.1. The summed E-state index contributed by atoms with van der Waals surface area (Å²) in [6.07, 6.45) is -1.53. The van der Waals surface area contributed by atoms with E-state index in [4.69, 9.17) is 4.74 Å². The molecule has 1 fully saturated rings. The highest BCUT2D eigenvalue weighted by Crippen LogP contribution is 2.22. The number of nitrogens with one attached hydrogen (secondary N) is 1. The van der Waals surface area contributed by atoms with Crippen LogP contribution in [0.15, 0.2) is 24.3 Å². The minimum atomic E-state index is -0.881. The van der Waals surface area contributed by atoms with E-state index in [1.165, 1.54) is 4.90 Å². The summed E-state index contributed by atoms with van der Waals surface area (Å²) in [5.74, 6) is 0.183. The fourth-order valence-electron chi connectivity index (χ4n) is 2.37. The summed E-state index contributed by atoms with van der Waals surface area (Å²) < 4.78 is 5.10. The smallest absolute Gasteiger partial charge is 0.227 e. The molecular weight excluding hydrogens is 284 g/mol. The van der Waals surface area contributed by atoms with Crippen molar-refractivity contribution in [1.29, 1.82) is 0 Å². The van der Waals surface area contributed by atoms with Crippen LogP contribution in [0.2, 0.25) is 0 Å². The first-order valence-corrected chi connectivity index (χ1v) is 7.33. The molecule has 0 spiro atoms. The fraction of sp³-hybridized carbons (Fsp3) is 0.500. The van der Waals surface area contributed by atoms with Crippen molar-refractivity contribution >= 4 is 11.8 Å². The molecule has 1 aromatic carbocycles. The molecule has 0 unspecified atom stereocenters. The first kappa shape index (κ1) is 16.3. The predicted octanol–water partition coefficient (Wildman–Crippen LogP) is 0.887. The van der Waals surface area contributed by atoms with E-state index in [2.05, 4.69) is 5.32 Å². The molecule has 6 nitrogen and oxygen atoms in total. The predicted molar refractivity (Wildman–Crippen MR) is 80.9 cm³/mol. The van der Waals surface area contributed by atoms with Crippen molar-refractivity contribution in [2.24, 2.45) is 5.92 Å². The fourth-order valence-corrected chi connectivity index (χ4v) is 2.37. The second-order valence-corrected chi connectivity index (χ2v) is 5.75. The number of ether oxygens (including phenoxy) is 1. The Bertz CT molecular complexity index is 542. The number of methoxy groups -OCH3 is 1. The van der Waals surface area contributed by atoms with Gasteiger partial charge in [0, 0.05) is 12.5 Å². The van der Waals surface area contributed by atoms with E-state index in [0.717, 1.165) is 11.3 Å². The van der Waals surface area contributed by atoms with Crippen LogP contribution in [0.25, 0.3) is 0 Å². The number of hydrogen-bond acceptors (Lipinski definition) is 4. The minimum absolute atomic E-state index is 0.0270. The maximum atomic E-state index is 12.1. The first-order chi connectivity index (χ1) is 10.4.